The van der Waals surface area contributed by atoms with Crippen LogP contribution in [0, 0.1) is 0 Å². The van der Waals surface area contributed by atoms with Crippen molar-refractivity contribution in [3.8, 4) is 11.5 Å². The number of carbonyl (C=O) groups is 1. The summed E-state index contributed by atoms with van der Waals surface area (Å²) >= 11 is 0. The van der Waals surface area contributed by atoms with E-state index >= 15 is 0 Å². The minimum Gasteiger partial charge on any atom is -0.491 e. The van der Waals surface area contributed by atoms with Crippen LogP contribution in [0.25, 0.3) is 0 Å². The van der Waals surface area contributed by atoms with Gasteiger partial charge in [-0.1, -0.05) is 30.3 Å². The molecule has 4 nitrogen and oxygen atoms in total. The molecule has 92 valence electrons. The zero-order chi connectivity index (χ0) is 12.8. The second kappa shape index (κ2) is 5.82. The first-order valence-corrected chi connectivity index (χ1v) is 5.50. The molecule has 0 aliphatic carbocycles. The molecule has 0 saturated carbocycles. The van der Waals surface area contributed by atoms with Crippen molar-refractivity contribution in [2.45, 2.75) is 6.61 Å². The van der Waals surface area contributed by atoms with E-state index < -0.39 is 0 Å². The summed E-state index contributed by atoms with van der Waals surface area (Å²) in [6.07, 6.45) is 2.17. The molecule has 0 radical (unpaired) electrons. The van der Waals surface area contributed by atoms with Crippen LogP contribution < -0.4 is 9.47 Å². The number of hydrogen-bond donors (Lipinski definition) is 0. The predicted octanol–water partition coefficient (Wildman–Crippen LogP) is 2.48. The van der Waals surface area contributed by atoms with Crippen molar-refractivity contribution >= 4 is 6.29 Å². The van der Waals surface area contributed by atoms with Crippen molar-refractivity contribution in [2.75, 3.05) is 7.11 Å². The highest BCUT2D eigenvalue weighted by Crippen LogP contribution is 2.28. The lowest BCUT2D eigenvalue weighted by molar-refractivity contribution is 0.111. The molecule has 0 bridgehead atoms. The van der Waals surface area contributed by atoms with Crippen LogP contribution in [-0.4, -0.2) is 18.4 Å². The highest BCUT2D eigenvalue weighted by molar-refractivity contribution is 5.78. The molecule has 0 N–H and O–H groups in total. The van der Waals surface area contributed by atoms with Gasteiger partial charge in [0.05, 0.1) is 7.11 Å². The van der Waals surface area contributed by atoms with Crippen LogP contribution in [0.3, 0.4) is 0 Å². The van der Waals surface area contributed by atoms with Gasteiger partial charge >= 0.3 is 0 Å². The molecule has 1 aromatic carbocycles. The third kappa shape index (κ3) is 2.66. The van der Waals surface area contributed by atoms with Crippen LogP contribution in [0.4, 0.5) is 0 Å². The van der Waals surface area contributed by atoms with Crippen molar-refractivity contribution < 1.29 is 14.3 Å². The SMILES string of the molecule is COc1c(OCc2ccccc2)ccnc1C=O. The van der Waals surface area contributed by atoms with E-state index in [4.69, 9.17) is 9.47 Å². The molecule has 18 heavy (non-hydrogen) atoms. The number of hydrogen-bond acceptors (Lipinski definition) is 4. The largest absolute Gasteiger partial charge is 0.491 e. The molecule has 0 aliphatic rings. The quantitative estimate of drug-likeness (QED) is 0.757. The smallest absolute Gasteiger partial charge is 0.190 e. The second-order valence-electron chi connectivity index (χ2n) is 3.62. The Bertz CT molecular complexity index is 526. The van der Waals surface area contributed by atoms with Crippen molar-refractivity contribution in [2.24, 2.45) is 0 Å². The molecule has 2 rings (SSSR count). The number of carbonyl (C=O) groups excluding carboxylic acids is 1. The Labute approximate surface area is 105 Å². The predicted molar refractivity (Wildman–Crippen MR) is 67.0 cm³/mol. The number of aromatic nitrogens is 1. The van der Waals surface area contributed by atoms with Crippen molar-refractivity contribution in [3.05, 3.63) is 53.9 Å². The zero-order valence-corrected chi connectivity index (χ0v) is 10.00. The Balaban J connectivity index is 2.16. The zero-order valence-electron chi connectivity index (χ0n) is 10.00. The molecule has 0 spiro atoms. The Kier molecular flexibility index (Phi) is 3.91. The summed E-state index contributed by atoms with van der Waals surface area (Å²) in [5, 5.41) is 0. The Hall–Kier alpha value is -2.36. The number of methoxy groups -OCH3 is 1. The third-order valence-electron chi connectivity index (χ3n) is 2.45. The summed E-state index contributed by atoms with van der Waals surface area (Å²) in [5.41, 5.74) is 1.28. The van der Waals surface area contributed by atoms with Gasteiger partial charge in [0.2, 0.25) is 0 Å². The molecule has 0 fully saturated rings. The molecule has 0 aliphatic heterocycles. The minimum atomic E-state index is 0.239. The highest BCUT2D eigenvalue weighted by atomic mass is 16.5. The van der Waals surface area contributed by atoms with E-state index in [0.29, 0.717) is 24.4 Å². The summed E-state index contributed by atoms with van der Waals surface area (Å²) in [5.74, 6) is 0.877. The van der Waals surface area contributed by atoms with Gasteiger partial charge in [0.25, 0.3) is 0 Å². The molecule has 0 unspecified atom stereocenters. The van der Waals surface area contributed by atoms with Crippen LogP contribution in [0.1, 0.15) is 16.1 Å². The van der Waals surface area contributed by atoms with E-state index in [0.717, 1.165) is 5.56 Å². The summed E-state index contributed by atoms with van der Waals surface area (Å²) in [6, 6.07) is 11.4. The van der Waals surface area contributed by atoms with Crippen LogP contribution in [0.5, 0.6) is 11.5 Å². The van der Waals surface area contributed by atoms with Crippen molar-refractivity contribution in [1.82, 2.24) is 4.98 Å². The molecule has 1 aromatic heterocycles. The van der Waals surface area contributed by atoms with Gasteiger partial charge in [-0.05, 0) is 5.56 Å². The lowest BCUT2D eigenvalue weighted by atomic mass is 10.2. The topological polar surface area (TPSA) is 48.4 Å². The van der Waals surface area contributed by atoms with Gasteiger partial charge in [-0.15, -0.1) is 0 Å². The first-order chi connectivity index (χ1) is 8.85. The molecule has 2 aromatic rings. The molecule has 0 atom stereocenters. The molecule has 4 heteroatoms. The van der Waals surface area contributed by atoms with Gasteiger partial charge in [-0.2, -0.15) is 0 Å². The normalized spacial score (nSPS) is 9.83. The second-order valence-corrected chi connectivity index (χ2v) is 3.62. The lowest BCUT2D eigenvalue weighted by Gasteiger charge is -2.11. The van der Waals surface area contributed by atoms with Crippen LogP contribution in [0.15, 0.2) is 42.6 Å². The maximum absolute atomic E-state index is 10.8. The molecule has 1 heterocycles. The molecular weight excluding hydrogens is 230 g/mol. The van der Waals surface area contributed by atoms with E-state index in [1.54, 1.807) is 6.07 Å². The minimum absolute atomic E-state index is 0.239. The number of aldehydes is 1. The number of nitrogens with zero attached hydrogens (tertiary/aromatic N) is 1. The summed E-state index contributed by atoms with van der Waals surface area (Å²) in [7, 11) is 1.49. The summed E-state index contributed by atoms with van der Waals surface area (Å²) in [4.78, 5) is 14.7. The van der Waals surface area contributed by atoms with E-state index in [2.05, 4.69) is 4.98 Å². The number of rotatable bonds is 5. The van der Waals surface area contributed by atoms with Crippen molar-refractivity contribution in [1.29, 1.82) is 0 Å². The average molecular weight is 243 g/mol. The Morgan fingerprint density at radius 2 is 2.00 bits per heavy atom. The standard InChI is InChI=1S/C14H13NO3/c1-17-14-12(9-16)15-8-7-13(14)18-10-11-5-3-2-4-6-11/h2-9H,10H2,1H3. The van der Waals surface area contributed by atoms with Gasteiger partial charge in [0.1, 0.15) is 12.3 Å². The summed E-state index contributed by atoms with van der Waals surface area (Å²) < 4.78 is 10.8. The van der Waals surface area contributed by atoms with E-state index in [-0.39, 0.29) is 5.69 Å². The van der Waals surface area contributed by atoms with Gasteiger partial charge in [0, 0.05) is 12.3 Å². The molecular formula is C14H13NO3. The maximum atomic E-state index is 10.8. The van der Waals surface area contributed by atoms with E-state index in [1.807, 2.05) is 30.3 Å². The maximum Gasteiger partial charge on any atom is 0.190 e. The van der Waals surface area contributed by atoms with Gasteiger partial charge in [0.15, 0.2) is 17.8 Å². The van der Waals surface area contributed by atoms with Gasteiger partial charge < -0.3 is 9.47 Å². The fourth-order valence-electron chi connectivity index (χ4n) is 1.58. The number of ether oxygens (including phenoxy) is 2. The van der Waals surface area contributed by atoms with E-state index in [1.165, 1.54) is 13.3 Å². The van der Waals surface area contributed by atoms with Gasteiger partial charge in [-0.3, -0.25) is 4.79 Å². The lowest BCUT2D eigenvalue weighted by Crippen LogP contribution is -2.01. The Morgan fingerprint density at radius 3 is 2.67 bits per heavy atom. The van der Waals surface area contributed by atoms with E-state index in [9.17, 15) is 4.79 Å². The number of pyridine rings is 1. The molecule has 0 saturated heterocycles. The number of benzene rings is 1. The fourth-order valence-corrected chi connectivity index (χ4v) is 1.58. The van der Waals surface area contributed by atoms with Gasteiger partial charge in [-0.25, -0.2) is 4.98 Å². The summed E-state index contributed by atoms with van der Waals surface area (Å²) in [6.45, 7) is 0.416. The van der Waals surface area contributed by atoms with Crippen LogP contribution in [0.2, 0.25) is 0 Å². The third-order valence-corrected chi connectivity index (χ3v) is 2.45. The Morgan fingerprint density at radius 1 is 1.22 bits per heavy atom. The monoisotopic (exact) mass is 243 g/mol. The highest BCUT2D eigenvalue weighted by Gasteiger charge is 2.10. The first-order valence-electron chi connectivity index (χ1n) is 5.50. The fraction of sp³-hybridized carbons (Fsp3) is 0.143. The average Bonchev–Trinajstić information content (AvgIpc) is 2.45. The first kappa shape index (κ1) is 12.1. The van der Waals surface area contributed by atoms with Crippen LogP contribution in [-0.2, 0) is 6.61 Å². The van der Waals surface area contributed by atoms with Crippen molar-refractivity contribution in [3.63, 3.8) is 0 Å². The molecule has 0 amide bonds. The van der Waals surface area contributed by atoms with Crippen LogP contribution >= 0.6 is 0 Å².